The van der Waals surface area contributed by atoms with E-state index in [1.54, 1.807) is 0 Å². The van der Waals surface area contributed by atoms with Crippen molar-refractivity contribution in [3.63, 3.8) is 0 Å². The van der Waals surface area contributed by atoms with Crippen molar-refractivity contribution in [1.82, 2.24) is 0 Å². The van der Waals surface area contributed by atoms with Crippen LogP contribution in [-0.4, -0.2) is 56.0 Å². The van der Waals surface area contributed by atoms with E-state index in [0.717, 1.165) is 6.42 Å². The molecule has 0 aromatic rings. The van der Waals surface area contributed by atoms with Crippen molar-refractivity contribution in [2.45, 2.75) is 154 Å². The molecule has 1 saturated heterocycles. The Morgan fingerprint density at radius 2 is 1.17 bits per heavy atom. The Balaban J connectivity index is 3.37. The highest BCUT2D eigenvalue weighted by atomic mass is 28.4. The number of ether oxygens (including phenoxy) is 1. The van der Waals surface area contributed by atoms with Crippen LogP contribution in [0.2, 0.25) is 54.4 Å². The topological polar surface area (TPSA) is 36.9 Å². The summed E-state index contributed by atoms with van der Waals surface area (Å²) in [4.78, 5) is 0. The van der Waals surface area contributed by atoms with E-state index in [-0.39, 0.29) is 45.4 Å². The molecule has 35 heavy (non-hydrogen) atoms. The molecule has 0 amide bonds. The number of rotatable bonds is 9. The van der Waals surface area contributed by atoms with Crippen LogP contribution < -0.4 is 0 Å². The summed E-state index contributed by atoms with van der Waals surface area (Å²) >= 11 is 0. The molecule has 0 aliphatic carbocycles. The summed E-state index contributed by atoms with van der Waals surface area (Å²) in [6.07, 6.45) is 2.64. The van der Waals surface area contributed by atoms with E-state index in [2.05, 4.69) is 115 Å². The second-order valence-electron chi connectivity index (χ2n) is 15.4. The minimum Gasteiger partial charge on any atom is -0.414 e. The molecule has 1 aliphatic heterocycles. The maximum atomic E-state index is 7.06. The van der Waals surface area contributed by atoms with Crippen LogP contribution in [0.3, 0.4) is 0 Å². The van der Waals surface area contributed by atoms with E-state index in [0.29, 0.717) is 6.61 Å². The zero-order valence-corrected chi connectivity index (χ0v) is 29.2. The van der Waals surface area contributed by atoms with Crippen molar-refractivity contribution in [2.75, 3.05) is 6.61 Å². The summed E-state index contributed by atoms with van der Waals surface area (Å²) < 4.78 is 27.7. The molecule has 0 N–H and O–H groups in total. The van der Waals surface area contributed by atoms with Crippen LogP contribution in [0.5, 0.6) is 0 Å². The Kier molecular flexibility index (Phi) is 10.6. The van der Waals surface area contributed by atoms with Gasteiger partial charge in [-0.1, -0.05) is 75.3 Å². The van der Waals surface area contributed by atoms with E-state index < -0.39 is 25.0 Å². The molecule has 0 aromatic carbocycles. The highest BCUT2D eigenvalue weighted by Gasteiger charge is 2.50. The normalized spacial score (nSPS) is 26.5. The first-order valence-corrected chi connectivity index (χ1v) is 22.4. The third-order valence-electron chi connectivity index (χ3n) is 9.39. The van der Waals surface area contributed by atoms with Gasteiger partial charge in [-0.2, -0.15) is 0 Å². The highest BCUT2D eigenvalue weighted by Crippen LogP contribution is 2.44. The van der Waals surface area contributed by atoms with Gasteiger partial charge >= 0.3 is 0 Å². The standard InChI is InChI=1S/C28H60O4Si3/c1-18-21(2)25-23(32-35(16,17)28(9,10)11)19-22(31-34(14,15)27(6,7)8)24(30-25)20-29-33(12,13)26(3,4)5/h18,21-25H,1,19-20H2,2-17H3/t21-,22+,23-,24+,25-/m0/s1. The third-order valence-corrected chi connectivity index (χ3v) is 22.9. The van der Waals surface area contributed by atoms with Gasteiger partial charge in [0.25, 0.3) is 0 Å². The van der Waals surface area contributed by atoms with Crippen LogP contribution in [0, 0.1) is 5.92 Å². The first-order valence-electron chi connectivity index (χ1n) is 13.6. The summed E-state index contributed by atoms with van der Waals surface area (Å²) in [5, 5.41) is 0.408. The number of hydrogen-bond donors (Lipinski definition) is 0. The molecule has 1 rings (SSSR count). The first kappa shape index (κ1) is 33.3. The van der Waals surface area contributed by atoms with Gasteiger partial charge in [0.1, 0.15) is 6.10 Å². The van der Waals surface area contributed by atoms with Crippen molar-refractivity contribution in [2.24, 2.45) is 5.92 Å². The maximum absolute atomic E-state index is 7.06. The molecule has 7 heteroatoms. The van der Waals surface area contributed by atoms with Gasteiger partial charge in [0.2, 0.25) is 0 Å². The summed E-state index contributed by atoms with van der Waals surface area (Å²) in [6, 6.07) is 0. The maximum Gasteiger partial charge on any atom is 0.192 e. The highest BCUT2D eigenvalue weighted by molar-refractivity contribution is 6.75. The lowest BCUT2D eigenvalue weighted by Crippen LogP contribution is -2.59. The minimum absolute atomic E-state index is 0.0113. The van der Waals surface area contributed by atoms with Crippen LogP contribution >= 0.6 is 0 Å². The van der Waals surface area contributed by atoms with Gasteiger partial charge in [0, 0.05) is 12.3 Å². The van der Waals surface area contributed by atoms with Crippen molar-refractivity contribution in [1.29, 1.82) is 0 Å². The quantitative estimate of drug-likeness (QED) is 0.215. The van der Waals surface area contributed by atoms with E-state index >= 15 is 0 Å². The summed E-state index contributed by atoms with van der Waals surface area (Å²) in [5.41, 5.74) is 0. The Morgan fingerprint density at radius 1 is 0.771 bits per heavy atom. The molecule has 0 spiro atoms. The fraction of sp³-hybridized carbons (Fsp3) is 0.929. The Labute approximate surface area is 222 Å². The monoisotopic (exact) mass is 544 g/mol. The van der Waals surface area contributed by atoms with Gasteiger partial charge in [-0.15, -0.1) is 6.58 Å². The average molecular weight is 545 g/mol. The predicted molar refractivity (Wildman–Crippen MR) is 160 cm³/mol. The molecular weight excluding hydrogens is 485 g/mol. The van der Waals surface area contributed by atoms with Crippen LogP contribution in [0.1, 0.15) is 75.7 Å². The average Bonchev–Trinajstić information content (AvgIpc) is 2.63. The molecule has 0 unspecified atom stereocenters. The van der Waals surface area contributed by atoms with Crippen molar-refractivity contribution in [3.05, 3.63) is 12.7 Å². The van der Waals surface area contributed by atoms with Gasteiger partial charge in [-0.05, 0) is 54.4 Å². The Hall–Kier alpha value is 0.231. The van der Waals surface area contributed by atoms with E-state index in [4.69, 9.17) is 18.0 Å². The first-order chi connectivity index (χ1) is 15.4. The van der Waals surface area contributed by atoms with Gasteiger partial charge in [-0.3, -0.25) is 0 Å². The molecule has 1 heterocycles. The van der Waals surface area contributed by atoms with Crippen LogP contribution in [0.25, 0.3) is 0 Å². The lowest BCUT2D eigenvalue weighted by atomic mass is 9.91. The van der Waals surface area contributed by atoms with Crippen molar-refractivity contribution < 1.29 is 18.0 Å². The second-order valence-corrected chi connectivity index (χ2v) is 29.7. The van der Waals surface area contributed by atoms with Crippen molar-refractivity contribution in [3.8, 4) is 0 Å². The predicted octanol–water partition coefficient (Wildman–Crippen LogP) is 8.77. The smallest absolute Gasteiger partial charge is 0.192 e. The minimum atomic E-state index is -2.02. The summed E-state index contributed by atoms with van der Waals surface area (Å²) in [7, 11) is -5.93. The number of hydrogen-bond acceptors (Lipinski definition) is 4. The molecule has 4 nitrogen and oxygen atoms in total. The lowest BCUT2D eigenvalue weighted by Gasteiger charge is -2.50. The van der Waals surface area contributed by atoms with Crippen LogP contribution in [-0.2, 0) is 18.0 Å². The lowest BCUT2D eigenvalue weighted by molar-refractivity contribution is -0.179. The van der Waals surface area contributed by atoms with Gasteiger partial charge < -0.3 is 18.0 Å². The zero-order valence-electron chi connectivity index (χ0n) is 26.2. The molecule has 5 atom stereocenters. The van der Waals surface area contributed by atoms with E-state index in [9.17, 15) is 0 Å². The molecule has 0 saturated carbocycles. The van der Waals surface area contributed by atoms with Crippen LogP contribution in [0.4, 0.5) is 0 Å². The molecule has 1 fully saturated rings. The SMILES string of the molecule is C=C[C@H](C)[C@@H]1O[C@H](CO[Si](C)(C)C(C)(C)C)[C@H](O[Si](C)(C)C(C)(C)C)C[C@@H]1O[Si](C)(C)C(C)(C)C. The van der Waals surface area contributed by atoms with Gasteiger partial charge in [-0.25, -0.2) is 0 Å². The Bertz CT molecular complexity index is 698. The molecular formula is C28H60O4Si3. The Morgan fingerprint density at radius 3 is 1.54 bits per heavy atom. The molecule has 0 radical (unpaired) electrons. The van der Waals surface area contributed by atoms with Gasteiger partial charge in [0.15, 0.2) is 25.0 Å². The third kappa shape index (κ3) is 8.36. The molecule has 1 aliphatic rings. The van der Waals surface area contributed by atoms with Crippen molar-refractivity contribution >= 4 is 25.0 Å². The molecule has 208 valence electrons. The van der Waals surface area contributed by atoms with E-state index in [1.165, 1.54) is 0 Å². The second kappa shape index (κ2) is 11.1. The molecule has 0 bridgehead atoms. The fourth-order valence-corrected chi connectivity index (χ4v) is 7.20. The summed E-state index contributed by atoms with van der Waals surface area (Å²) in [5.74, 6) is 0.189. The largest absolute Gasteiger partial charge is 0.414 e. The zero-order chi connectivity index (χ0) is 27.8. The van der Waals surface area contributed by atoms with Crippen LogP contribution in [0.15, 0.2) is 12.7 Å². The fourth-order valence-electron chi connectivity index (χ4n) is 3.49. The van der Waals surface area contributed by atoms with Gasteiger partial charge in [0.05, 0.1) is 24.9 Å². The van der Waals surface area contributed by atoms with E-state index in [1.807, 2.05) is 6.08 Å². The molecule has 0 aromatic heterocycles. The summed E-state index contributed by atoms with van der Waals surface area (Å²) in [6.45, 7) is 41.5.